The van der Waals surface area contributed by atoms with Crippen molar-refractivity contribution in [3.63, 3.8) is 0 Å². The number of nitrogens with zero attached hydrogens (tertiary/aromatic N) is 2. The van der Waals surface area contributed by atoms with E-state index in [4.69, 9.17) is 9.47 Å². The van der Waals surface area contributed by atoms with Crippen LogP contribution in [0.3, 0.4) is 0 Å². The first-order valence-electron chi connectivity index (χ1n) is 9.67. The maximum Gasteiger partial charge on any atom is 0.233 e. The van der Waals surface area contributed by atoms with Crippen LogP contribution in [-0.4, -0.2) is 42.2 Å². The van der Waals surface area contributed by atoms with Gasteiger partial charge in [-0.05, 0) is 55.5 Å². The Kier molecular flexibility index (Phi) is 5.12. The molecule has 2 aliphatic rings. The number of amides is 1. The Morgan fingerprint density at radius 2 is 2.07 bits per heavy atom. The summed E-state index contributed by atoms with van der Waals surface area (Å²) < 4.78 is 11.1. The van der Waals surface area contributed by atoms with E-state index in [9.17, 15) is 4.79 Å². The minimum atomic E-state index is -0.403. The Labute approximate surface area is 160 Å². The van der Waals surface area contributed by atoms with Crippen molar-refractivity contribution < 1.29 is 14.3 Å². The summed E-state index contributed by atoms with van der Waals surface area (Å²) in [4.78, 5) is 20.0. The van der Waals surface area contributed by atoms with Crippen molar-refractivity contribution in [2.75, 3.05) is 20.3 Å². The lowest BCUT2D eigenvalue weighted by atomic mass is 9.93. The average Bonchev–Trinajstić information content (AvgIpc) is 3.37. The second-order valence-electron chi connectivity index (χ2n) is 7.45. The second-order valence-corrected chi connectivity index (χ2v) is 7.45. The molecule has 2 heterocycles. The third kappa shape index (κ3) is 3.83. The Morgan fingerprint density at radius 3 is 2.67 bits per heavy atom. The molecule has 0 N–H and O–H groups in total. The lowest BCUT2D eigenvalue weighted by Crippen LogP contribution is -2.43. The highest BCUT2D eigenvalue weighted by Gasteiger charge is 2.53. The normalized spacial score (nSPS) is 20.3. The van der Waals surface area contributed by atoms with Gasteiger partial charge in [0.2, 0.25) is 5.91 Å². The van der Waals surface area contributed by atoms with Crippen LogP contribution in [0.1, 0.15) is 36.9 Å². The Bertz CT molecular complexity index is 766. The fourth-order valence-electron chi connectivity index (χ4n) is 3.90. The molecule has 5 heteroatoms. The number of aromatic nitrogens is 1. The van der Waals surface area contributed by atoms with Crippen molar-refractivity contribution in [2.45, 2.75) is 43.7 Å². The number of pyridine rings is 1. The highest BCUT2D eigenvalue weighted by molar-refractivity contribution is 5.91. The predicted molar refractivity (Wildman–Crippen MR) is 103 cm³/mol. The van der Waals surface area contributed by atoms with Gasteiger partial charge in [0.05, 0.1) is 30.9 Å². The molecule has 0 spiro atoms. The van der Waals surface area contributed by atoms with Gasteiger partial charge in [-0.15, -0.1) is 0 Å². The van der Waals surface area contributed by atoms with Crippen LogP contribution in [0, 0.1) is 0 Å². The zero-order chi connectivity index (χ0) is 18.7. The highest BCUT2D eigenvalue weighted by atomic mass is 16.5. The van der Waals surface area contributed by atoms with Gasteiger partial charge in [0.1, 0.15) is 5.75 Å². The summed E-state index contributed by atoms with van der Waals surface area (Å²) in [6.45, 7) is 1.95. The molecule has 2 fully saturated rings. The standard InChI is InChI=1S/C22H26N2O3/c1-26-19-9-7-17(8-10-19)22(11-12-22)21(25)24(16-20-6-4-14-27-20)15-18-5-2-3-13-23-18/h2-3,5,7-10,13,20H,4,6,11-12,14-16H2,1H3. The maximum absolute atomic E-state index is 13.6. The minimum absolute atomic E-state index is 0.129. The summed E-state index contributed by atoms with van der Waals surface area (Å²) in [5.74, 6) is 1.00. The van der Waals surface area contributed by atoms with Crippen LogP contribution in [0.15, 0.2) is 48.7 Å². The number of ether oxygens (including phenoxy) is 2. The second kappa shape index (κ2) is 7.69. The molecule has 1 saturated carbocycles. The van der Waals surface area contributed by atoms with Gasteiger partial charge in [-0.2, -0.15) is 0 Å². The van der Waals surface area contributed by atoms with Crippen LogP contribution in [0.4, 0.5) is 0 Å². The lowest BCUT2D eigenvalue weighted by Gasteiger charge is -2.29. The van der Waals surface area contributed by atoms with Gasteiger partial charge >= 0.3 is 0 Å². The zero-order valence-corrected chi connectivity index (χ0v) is 15.8. The number of hydrogen-bond donors (Lipinski definition) is 0. The van der Waals surface area contributed by atoms with Crippen molar-refractivity contribution in [3.05, 3.63) is 59.9 Å². The molecule has 1 unspecified atom stereocenters. The summed E-state index contributed by atoms with van der Waals surface area (Å²) in [5.41, 5.74) is 1.58. The molecule has 1 atom stereocenters. The molecule has 4 rings (SSSR count). The maximum atomic E-state index is 13.6. The van der Waals surface area contributed by atoms with Gasteiger partial charge in [-0.3, -0.25) is 9.78 Å². The largest absolute Gasteiger partial charge is 0.497 e. The summed E-state index contributed by atoms with van der Waals surface area (Å²) in [5, 5.41) is 0. The van der Waals surface area contributed by atoms with E-state index in [0.717, 1.165) is 49.3 Å². The van der Waals surface area contributed by atoms with E-state index in [1.165, 1.54) is 0 Å². The summed E-state index contributed by atoms with van der Waals surface area (Å²) in [7, 11) is 1.66. The summed E-state index contributed by atoms with van der Waals surface area (Å²) in [6, 6.07) is 13.8. The molecule has 1 saturated heterocycles. The number of benzene rings is 1. The quantitative estimate of drug-likeness (QED) is 0.754. The minimum Gasteiger partial charge on any atom is -0.497 e. The van der Waals surface area contributed by atoms with Crippen LogP contribution in [-0.2, 0) is 21.5 Å². The number of hydrogen-bond acceptors (Lipinski definition) is 4. The molecular weight excluding hydrogens is 340 g/mol. The monoisotopic (exact) mass is 366 g/mol. The SMILES string of the molecule is COc1ccc(C2(C(=O)N(Cc3ccccn3)CC3CCCO3)CC2)cc1. The third-order valence-electron chi connectivity index (χ3n) is 5.62. The van der Waals surface area contributed by atoms with Gasteiger partial charge in [-0.25, -0.2) is 0 Å². The molecular formula is C22H26N2O3. The molecule has 0 bridgehead atoms. The molecule has 1 aliphatic heterocycles. The number of carbonyl (C=O) groups excluding carboxylic acids is 1. The molecule has 2 aromatic rings. The van der Waals surface area contributed by atoms with Gasteiger partial charge in [0.15, 0.2) is 0 Å². The van der Waals surface area contributed by atoms with E-state index in [1.54, 1.807) is 13.3 Å². The first kappa shape index (κ1) is 18.0. The average molecular weight is 366 g/mol. The summed E-state index contributed by atoms with van der Waals surface area (Å²) >= 11 is 0. The molecule has 1 amide bonds. The van der Waals surface area contributed by atoms with Gasteiger partial charge in [-0.1, -0.05) is 18.2 Å². The zero-order valence-electron chi connectivity index (χ0n) is 15.8. The van der Waals surface area contributed by atoms with Crippen molar-refractivity contribution in [2.24, 2.45) is 0 Å². The fourth-order valence-corrected chi connectivity index (χ4v) is 3.90. The van der Waals surface area contributed by atoms with Gasteiger partial charge in [0.25, 0.3) is 0 Å². The van der Waals surface area contributed by atoms with Gasteiger partial charge < -0.3 is 14.4 Å². The molecule has 1 aliphatic carbocycles. The van der Waals surface area contributed by atoms with Crippen molar-refractivity contribution >= 4 is 5.91 Å². The van der Waals surface area contributed by atoms with Crippen LogP contribution in [0.5, 0.6) is 5.75 Å². The molecule has 1 aromatic heterocycles. The van der Waals surface area contributed by atoms with E-state index < -0.39 is 5.41 Å². The number of rotatable bonds is 7. The van der Waals surface area contributed by atoms with E-state index in [0.29, 0.717) is 13.1 Å². The third-order valence-corrected chi connectivity index (χ3v) is 5.62. The van der Waals surface area contributed by atoms with E-state index >= 15 is 0 Å². The molecule has 0 radical (unpaired) electrons. The smallest absolute Gasteiger partial charge is 0.233 e. The van der Waals surface area contributed by atoms with Crippen LogP contribution in [0.25, 0.3) is 0 Å². The molecule has 5 nitrogen and oxygen atoms in total. The van der Waals surface area contributed by atoms with Crippen LogP contribution in [0.2, 0.25) is 0 Å². The van der Waals surface area contributed by atoms with Crippen molar-refractivity contribution in [1.82, 2.24) is 9.88 Å². The van der Waals surface area contributed by atoms with Crippen molar-refractivity contribution in [3.8, 4) is 5.75 Å². The lowest BCUT2D eigenvalue weighted by molar-refractivity contribution is -0.136. The van der Waals surface area contributed by atoms with E-state index in [-0.39, 0.29) is 12.0 Å². The van der Waals surface area contributed by atoms with Crippen molar-refractivity contribution in [1.29, 1.82) is 0 Å². The molecule has 1 aromatic carbocycles. The number of carbonyl (C=O) groups is 1. The van der Waals surface area contributed by atoms with Gasteiger partial charge in [0, 0.05) is 19.3 Å². The first-order valence-corrected chi connectivity index (χ1v) is 9.67. The number of methoxy groups -OCH3 is 1. The molecule has 142 valence electrons. The van der Waals surface area contributed by atoms with E-state index in [2.05, 4.69) is 4.98 Å². The Hall–Kier alpha value is -2.40. The Morgan fingerprint density at radius 1 is 1.26 bits per heavy atom. The fraction of sp³-hybridized carbons (Fsp3) is 0.455. The predicted octanol–water partition coefficient (Wildman–Crippen LogP) is 3.33. The topological polar surface area (TPSA) is 51.7 Å². The molecule has 27 heavy (non-hydrogen) atoms. The highest BCUT2D eigenvalue weighted by Crippen LogP contribution is 2.50. The van der Waals surface area contributed by atoms with Crippen LogP contribution >= 0.6 is 0 Å². The van der Waals surface area contributed by atoms with Crippen LogP contribution < -0.4 is 4.74 Å². The first-order chi connectivity index (χ1) is 13.2. The Balaban J connectivity index is 1.56. The summed E-state index contributed by atoms with van der Waals surface area (Å²) in [6.07, 6.45) is 5.77. The van der Waals surface area contributed by atoms with E-state index in [1.807, 2.05) is 47.4 Å².